The predicted molar refractivity (Wildman–Crippen MR) is 107 cm³/mol. The van der Waals surface area contributed by atoms with Gasteiger partial charge in [0, 0.05) is 5.69 Å². The normalized spacial score (nSPS) is 12.0. The zero-order chi connectivity index (χ0) is 19.1. The van der Waals surface area contributed by atoms with Gasteiger partial charge in [0.25, 0.3) is 5.91 Å². The van der Waals surface area contributed by atoms with E-state index in [1.807, 2.05) is 32.0 Å². The van der Waals surface area contributed by atoms with Crippen LogP contribution >= 0.6 is 12.2 Å². The van der Waals surface area contributed by atoms with Gasteiger partial charge in [-0.05, 0) is 54.9 Å². The number of nitrogens with one attached hydrogen (secondary N) is 2. The Morgan fingerprint density at radius 2 is 1.88 bits per heavy atom. The van der Waals surface area contributed by atoms with Crippen LogP contribution in [0.4, 0.5) is 5.69 Å². The number of amides is 1. The number of hydrogen-bond acceptors (Lipinski definition) is 4. The van der Waals surface area contributed by atoms with Crippen molar-refractivity contribution in [1.82, 2.24) is 5.43 Å². The fraction of sp³-hybridized carbons (Fsp3) is 0.158. The Kier molecular flexibility index (Phi) is 6.42. The van der Waals surface area contributed by atoms with E-state index in [2.05, 4.69) is 21.9 Å². The molecule has 0 saturated heterocycles. The van der Waals surface area contributed by atoms with Gasteiger partial charge in [0.2, 0.25) is 0 Å². The summed E-state index contributed by atoms with van der Waals surface area (Å²) in [5.74, 6) is -1.38. The highest BCUT2D eigenvalue weighted by Crippen LogP contribution is 2.19. The van der Waals surface area contributed by atoms with Gasteiger partial charge in [-0.25, -0.2) is 0 Å². The van der Waals surface area contributed by atoms with Gasteiger partial charge in [-0.1, -0.05) is 36.4 Å². The number of carbonyl (C=O) groups excluding carboxylic acids is 1. The first-order valence-electron chi connectivity index (χ1n) is 7.88. The summed E-state index contributed by atoms with van der Waals surface area (Å²) in [7, 11) is 0. The monoisotopic (exact) mass is 365 g/mol. The number of nitrogens with two attached hydrogens (primary N) is 1. The third-order valence-corrected chi connectivity index (χ3v) is 3.91. The third-order valence-electron chi connectivity index (χ3n) is 3.82. The van der Waals surface area contributed by atoms with Gasteiger partial charge in [-0.2, -0.15) is 10.4 Å². The Labute approximate surface area is 157 Å². The fourth-order valence-corrected chi connectivity index (χ4v) is 2.36. The summed E-state index contributed by atoms with van der Waals surface area (Å²) in [4.78, 5) is 12.8. The van der Waals surface area contributed by atoms with Gasteiger partial charge < -0.3 is 11.1 Å². The zero-order valence-electron chi connectivity index (χ0n) is 14.5. The van der Waals surface area contributed by atoms with E-state index in [9.17, 15) is 10.1 Å². The van der Waals surface area contributed by atoms with Crippen molar-refractivity contribution in [2.75, 3.05) is 5.32 Å². The second-order valence-electron chi connectivity index (χ2n) is 5.70. The maximum atomic E-state index is 12.8. The van der Waals surface area contributed by atoms with E-state index < -0.39 is 11.8 Å². The minimum Gasteiger partial charge on any atom is -0.375 e. The van der Waals surface area contributed by atoms with Crippen molar-refractivity contribution in [3.8, 4) is 6.07 Å². The summed E-state index contributed by atoms with van der Waals surface area (Å²) in [5, 5.41) is 16.3. The molecule has 0 aliphatic carbocycles. The molecule has 0 aliphatic heterocycles. The predicted octanol–water partition coefficient (Wildman–Crippen LogP) is 2.74. The smallest absolute Gasteiger partial charge is 0.273 e. The number of hydrogen-bond donors (Lipinski definition) is 3. The number of hydrazone groups is 1. The Balaban J connectivity index is 2.35. The van der Waals surface area contributed by atoms with Gasteiger partial charge >= 0.3 is 0 Å². The van der Waals surface area contributed by atoms with E-state index in [4.69, 9.17) is 18.0 Å². The lowest BCUT2D eigenvalue weighted by Crippen LogP contribution is -2.33. The Hall–Kier alpha value is -3.24. The van der Waals surface area contributed by atoms with Crippen LogP contribution in [0.5, 0.6) is 0 Å². The average Bonchev–Trinajstić information content (AvgIpc) is 2.62. The number of nitriles is 1. The average molecular weight is 365 g/mol. The van der Waals surface area contributed by atoms with Crippen molar-refractivity contribution < 1.29 is 4.79 Å². The summed E-state index contributed by atoms with van der Waals surface area (Å²) < 4.78 is 0. The maximum Gasteiger partial charge on any atom is 0.273 e. The molecule has 0 fully saturated rings. The molecule has 0 bridgehead atoms. The molecule has 6 nitrogen and oxygen atoms in total. The van der Waals surface area contributed by atoms with Crippen LogP contribution in [0.25, 0.3) is 0 Å². The molecule has 2 rings (SSSR count). The molecule has 2 aromatic carbocycles. The Bertz CT molecular complexity index is 887. The molecule has 7 heteroatoms. The fourth-order valence-electron chi connectivity index (χ4n) is 2.32. The first kappa shape index (κ1) is 19.1. The lowest BCUT2D eigenvalue weighted by molar-refractivity contribution is -0.110. The standard InChI is InChI=1S/C19H19N5OS/c1-12-8-9-15(10-13(12)2)22-18(25)17(23-24-19(21)26)16(11-20)14-6-4-3-5-7-14/h3-10,16H,1-2H3,(H,22,25)(H3,21,24,26)/b23-17+. The van der Waals surface area contributed by atoms with Crippen LogP contribution in [0.2, 0.25) is 0 Å². The van der Waals surface area contributed by atoms with Crippen molar-refractivity contribution in [3.05, 3.63) is 65.2 Å². The number of anilines is 1. The third kappa shape index (κ3) is 4.88. The highest BCUT2D eigenvalue weighted by molar-refractivity contribution is 7.80. The van der Waals surface area contributed by atoms with Gasteiger partial charge in [0.05, 0.1) is 6.07 Å². The molecule has 1 unspecified atom stereocenters. The van der Waals surface area contributed by atoms with Gasteiger partial charge in [0.1, 0.15) is 11.6 Å². The van der Waals surface area contributed by atoms with E-state index in [1.165, 1.54) is 0 Å². The quantitative estimate of drug-likeness (QED) is 0.429. The van der Waals surface area contributed by atoms with Crippen LogP contribution in [0.1, 0.15) is 22.6 Å². The number of thiocarbonyl (C=S) groups is 1. The number of aryl methyl sites for hydroxylation is 2. The zero-order valence-corrected chi connectivity index (χ0v) is 15.3. The molecule has 2 aromatic rings. The van der Waals surface area contributed by atoms with Crippen molar-refractivity contribution in [1.29, 1.82) is 5.26 Å². The topological polar surface area (TPSA) is 103 Å². The molecule has 0 spiro atoms. The van der Waals surface area contributed by atoms with Crippen LogP contribution < -0.4 is 16.5 Å². The van der Waals surface area contributed by atoms with E-state index in [-0.39, 0.29) is 10.8 Å². The molecule has 132 valence electrons. The van der Waals surface area contributed by atoms with Crippen LogP contribution in [-0.4, -0.2) is 16.7 Å². The van der Waals surface area contributed by atoms with Gasteiger partial charge in [0.15, 0.2) is 5.11 Å². The first-order valence-corrected chi connectivity index (χ1v) is 8.29. The molecule has 0 saturated carbocycles. The number of rotatable bonds is 5. The van der Waals surface area contributed by atoms with Crippen LogP contribution in [-0.2, 0) is 4.79 Å². The van der Waals surface area contributed by atoms with Gasteiger partial charge in [-0.3, -0.25) is 10.2 Å². The molecule has 1 amide bonds. The number of benzene rings is 2. The van der Waals surface area contributed by atoms with Crippen LogP contribution in [0.15, 0.2) is 53.6 Å². The Morgan fingerprint density at radius 3 is 2.46 bits per heavy atom. The molecule has 0 heterocycles. The molecular weight excluding hydrogens is 346 g/mol. The second kappa shape index (κ2) is 8.74. The molecule has 0 aromatic heterocycles. The number of carbonyl (C=O) groups is 1. The highest BCUT2D eigenvalue weighted by atomic mass is 32.1. The summed E-state index contributed by atoms with van der Waals surface area (Å²) in [6, 6.07) is 16.6. The second-order valence-corrected chi connectivity index (χ2v) is 6.14. The van der Waals surface area contributed by atoms with Crippen molar-refractivity contribution in [2.24, 2.45) is 10.8 Å². The molecule has 0 aliphatic rings. The molecule has 26 heavy (non-hydrogen) atoms. The highest BCUT2D eigenvalue weighted by Gasteiger charge is 2.25. The molecular formula is C19H19N5OS. The van der Waals surface area contributed by atoms with Crippen molar-refractivity contribution >= 4 is 34.6 Å². The lowest BCUT2D eigenvalue weighted by atomic mass is 9.95. The number of nitrogens with zero attached hydrogens (tertiary/aromatic N) is 2. The maximum absolute atomic E-state index is 12.8. The largest absolute Gasteiger partial charge is 0.375 e. The van der Waals surface area contributed by atoms with Crippen molar-refractivity contribution in [2.45, 2.75) is 19.8 Å². The van der Waals surface area contributed by atoms with Gasteiger partial charge in [-0.15, -0.1) is 0 Å². The lowest BCUT2D eigenvalue weighted by Gasteiger charge is -2.14. The molecule has 4 N–H and O–H groups in total. The van der Waals surface area contributed by atoms with E-state index in [0.29, 0.717) is 11.3 Å². The SMILES string of the molecule is Cc1ccc(NC(=O)/C(=N/NC(N)=S)C(C#N)c2ccccc2)cc1C. The minimum atomic E-state index is -0.871. The van der Waals surface area contributed by atoms with Crippen LogP contribution in [0.3, 0.4) is 0 Å². The summed E-state index contributed by atoms with van der Waals surface area (Å²) in [6.07, 6.45) is 0. The van der Waals surface area contributed by atoms with E-state index in [0.717, 1.165) is 11.1 Å². The first-order chi connectivity index (χ1) is 12.4. The molecule has 1 atom stereocenters. The summed E-state index contributed by atoms with van der Waals surface area (Å²) in [6.45, 7) is 3.94. The van der Waals surface area contributed by atoms with E-state index in [1.54, 1.807) is 30.3 Å². The van der Waals surface area contributed by atoms with Crippen LogP contribution in [0, 0.1) is 25.2 Å². The molecule has 0 radical (unpaired) electrons. The minimum absolute atomic E-state index is 0.0234. The van der Waals surface area contributed by atoms with E-state index >= 15 is 0 Å². The summed E-state index contributed by atoms with van der Waals surface area (Å²) in [5.41, 5.74) is 11.2. The Morgan fingerprint density at radius 1 is 1.19 bits per heavy atom. The summed E-state index contributed by atoms with van der Waals surface area (Å²) >= 11 is 4.75. The van der Waals surface area contributed by atoms with Crippen molar-refractivity contribution in [3.63, 3.8) is 0 Å².